The monoisotopic (exact) mass is 217 g/mol. The van der Waals surface area contributed by atoms with E-state index in [0.717, 1.165) is 13.1 Å². The molecular weight excluding hydrogens is 194 g/mol. The Morgan fingerprint density at radius 1 is 1.31 bits per heavy atom. The number of fused-ring (bicyclic) bond motifs is 2. The van der Waals surface area contributed by atoms with Gasteiger partial charge in [-0.15, -0.1) is 0 Å². The van der Waals surface area contributed by atoms with Gasteiger partial charge in [-0.05, 0) is 60.8 Å². The minimum Gasteiger partial charge on any atom is -0.313 e. The van der Waals surface area contributed by atoms with Crippen LogP contribution in [0.4, 0.5) is 0 Å². The summed E-state index contributed by atoms with van der Waals surface area (Å²) in [5.74, 6) is 0. The summed E-state index contributed by atoms with van der Waals surface area (Å²) in [6, 6.07) is 6.96. The van der Waals surface area contributed by atoms with Crippen LogP contribution in [0.15, 0.2) is 18.2 Å². The summed E-state index contributed by atoms with van der Waals surface area (Å²) < 4.78 is 0. The molecule has 0 radical (unpaired) electrons. The zero-order valence-corrected chi connectivity index (χ0v) is 10.2. The molecule has 1 aromatic carbocycles. The van der Waals surface area contributed by atoms with Crippen molar-refractivity contribution in [2.75, 3.05) is 6.54 Å². The van der Waals surface area contributed by atoms with Crippen LogP contribution >= 0.6 is 0 Å². The van der Waals surface area contributed by atoms with Crippen molar-refractivity contribution < 1.29 is 1.43 Å². The molecule has 1 aromatic rings. The molecule has 16 heavy (non-hydrogen) atoms. The lowest BCUT2D eigenvalue weighted by molar-refractivity contribution is 0.536. The van der Waals surface area contributed by atoms with E-state index in [0.29, 0.717) is 5.41 Å². The molecule has 0 bridgehead atoms. The van der Waals surface area contributed by atoms with Gasteiger partial charge < -0.3 is 5.32 Å². The van der Waals surface area contributed by atoms with E-state index in [1.54, 1.807) is 16.7 Å². The van der Waals surface area contributed by atoms with Gasteiger partial charge in [0.15, 0.2) is 0 Å². The molecule has 3 rings (SSSR count). The van der Waals surface area contributed by atoms with Gasteiger partial charge in [-0.2, -0.15) is 0 Å². The third-order valence-corrected chi connectivity index (χ3v) is 4.35. The van der Waals surface area contributed by atoms with Crippen molar-refractivity contribution >= 4 is 0 Å². The molecule has 0 aliphatic heterocycles. The Bertz CT molecular complexity index is 396. The van der Waals surface area contributed by atoms with Crippen molar-refractivity contribution in [3.8, 4) is 0 Å². The van der Waals surface area contributed by atoms with Gasteiger partial charge >= 0.3 is 0 Å². The van der Waals surface area contributed by atoms with Gasteiger partial charge in [-0.1, -0.05) is 25.1 Å². The minimum atomic E-state index is 0. The van der Waals surface area contributed by atoms with E-state index < -0.39 is 0 Å². The van der Waals surface area contributed by atoms with Gasteiger partial charge in [-0.25, -0.2) is 0 Å². The van der Waals surface area contributed by atoms with Crippen LogP contribution in [0, 0.1) is 0 Å². The fraction of sp³-hybridized carbons (Fsp3) is 0.600. The molecule has 0 atom stereocenters. The summed E-state index contributed by atoms with van der Waals surface area (Å²) in [6.45, 7) is 4.29. The average molecular weight is 217 g/mol. The Labute approximate surface area is 99.7 Å². The predicted octanol–water partition coefficient (Wildman–Crippen LogP) is 3.41. The molecule has 1 fully saturated rings. The highest BCUT2D eigenvalue weighted by Crippen LogP contribution is 2.55. The van der Waals surface area contributed by atoms with Crippen molar-refractivity contribution in [2.45, 2.75) is 51.0 Å². The molecular formula is C15H23N. The third-order valence-electron chi connectivity index (χ3n) is 4.35. The van der Waals surface area contributed by atoms with Crippen LogP contribution in [0.2, 0.25) is 0 Å². The predicted molar refractivity (Wildman–Crippen MR) is 69.8 cm³/mol. The zero-order chi connectivity index (χ0) is 11.0. The van der Waals surface area contributed by atoms with Crippen LogP contribution in [0.25, 0.3) is 0 Å². The number of nitrogens with one attached hydrogen (secondary N) is 1. The van der Waals surface area contributed by atoms with E-state index in [2.05, 4.69) is 30.4 Å². The second kappa shape index (κ2) is 3.89. The molecule has 2 aliphatic carbocycles. The van der Waals surface area contributed by atoms with Crippen molar-refractivity contribution in [3.05, 3.63) is 34.9 Å². The van der Waals surface area contributed by atoms with E-state index in [1.807, 2.05) is 0 Å². The highest BCUT2D eigenvalue weighted by atomic mass is 14.8. The van der Waals surface area contributed by atoms with Crippen LogP contribution in [-0.4, -0.2) is 6.54 Å². The van der Waals surface area contributed by atoms with E-state index in [9.17, 15) is 0 Å². The van der Waals surface area contributed by atoms with E-state index in [4.69, 9.17) is 0 Å². The summed E-state index contributed by atoms with van der Waals surface area (Å²) in [6.07, 6.45) is 7.01. The van der Waals surface area contributed by atoms with Crippen LogP contribution < -0.4 is 5.32 Å². The molecule has 88 valence electrons. The summed E-state index contributed by atoms with van der Waals surface area (Å²) in [5.41, 5.74) is 5.53. The Balaban J connectivity index is 0.00000108. The van der Waals surface area contributed by atoms with Crippen molar-refractivity contribution in [2.24, 2.45) is 0 Å². The Kier molecular flexibility index (Phi) is 2.51. The van der Waals surface area contributed by atoms with Gasteiger partial charge in [0.1, 0.15) is 0 Å². The second-order valence-electron chi connectivity index (χ2n) is 5.36. The maximum absolute atomic E-state index is 3.46. The molecule has 0 saturated heterocycles. The first-order chi connectivity index (χ1) is 7.86. The smallest absolute Gasteiger partial charge is 0.0208 e. The molecule has 0 unspecified atom stereocenters. The minimum absolute atomic E-state index is 0. The molecule has 1 heteroatoms. The Morgan fingerprint density at radius 3 is 2.94 bits per heavy atom. The molecule has 1 spiro atoms. The first-order valence-corrected chi connectivity index (χ1v) is 6.68. The van der Waals surface area contributed by atoms with Crippen LogP contribution in [-0.2, 0) is 18.4 Å². The SMILES string of the molecule is CCNCc1cccc2c1CCCC21CC1.[HH]. The van der Waals surface area contributed by atoms with Crippen LogP contribution in [0.3, 0.4) is 0 Å². The highest BCUT2D eigenvalue weighted by Gasteiger charge is 2.46. The van der Waals surface area contributed by atoms with Crippen LogP contribution in [0.5, 0.6) is 0 Å². The van der Waals surface area contributed by atoms with Gasteiger partial charge in [0.25, 0.3) is 0 Å². The number of hydrogen-bond donors (Lipinski definition) is 1. The zero-order valence-electron chi connectivity index (χ0n) is 10.2. The summed E-state index contributed by atoms with van der Waals surface area (Å²) in [7, 11) is 0. The van der Waals surface area contributed by atoms with Crippen molar-refractivity contribution in [1.29, 1.82) is 0 Å². The van der Waals surface area contributed by atoms with Gasteiger partial charge in [0.05, 0.1) is 0 Å². The van der Waals surface area contributed by atoms with Gasteiger partial charge in [0, 0.05) is 7.97 Å². The maximum Gasteiger partial charge on any atom is 0.0208 e. The lowest BCUT2D eigenvalue weighted by atomic mass is 9.78. The topological polar surface area (TPSA) is 12.0 Å². The van der Waals surface area contributed by atoms with Gasteiger partial charge in [-0.3, -0.25) is 0 Å². The van der Waals surface area contributed by atoms with Gasteiger partial charge in [0.2, 0.25) is 0 Å². The molecule has 1 N–H and O–H groups in total. The molecule has 2 aliphatic rings. The fourth-order valence-corrected chi connectivity index (χ4v) is 3.26. The average Bonchev–Trinajstić information content (AvgIpc) is 3.08. The standard InChI is InChI=1S/C15H21N.H2/c1-2-16-11-12-5-3-7-14-13(12)6-4-8-15(14)9-10-15;/h3,5,7,16H,2,4,6,8-11H2,1H3;1H. The highest BCUT2D eigenvalue weighted by molar-refractivity contribution is 5.45. The first-order valence-electron chi connectivity index (χ1n) is 6.68. The Hall–Kier alpha value is -0.820. The van der Waals surface area contributed by atoms with Crippen molar-refractivity contribution in [3.63, 3.8) is 0 Å². The van der Waals surface area contributed by atoms with E-state index in [1.165, 1.54) is 32.1 Å². The largest absolute Gasteiger partial charge is 0.313 e. The van der Waals surface area contributed by atoms with E-state index in [-0.39, 0.29) is 1.43 Å². The third kappa shape index (κ3) is 1.58. The quantitative estimate of drug-likeness (QED) is 0.818. The molecule has 0 amide bonds. The van der Waals surface area contributed by atoms with Crippen LogP contribution in [0.1, 0.15) is 50.7 Å². The lowest BCUT2D eigenvalue weighted by Gasteiger charge is -2.27. The number of hydrogen-bond acceptors (Lipinski definition) is 1. The molecule has 0 aromatic heterocycles. The lowest BCUT2D eigenvalue weighted by Crippen LogP contribution is -2.20. The molecule has 0 heterocycles. The fourth-order valence-electron chi connectivity index (χ4n) is 3.26. The number of benzene rings is 1. The first kappa shape index (κ1) is 10.3. The maximum atomic E-state index is 3.46. The Morgan fingerprint density at radius 2 is 2.19 bits per heavy atom. The number of rotatable bonds is 3. The van der Waals surface area contributed by atoms with Crippen molar-refractivity contribution in [1.82, 2.24) is 5.32 Å². The summed E-state index contributed by atoms with van der Waals surface area (Å²) in [5, 5.41) is 3.46. The van der Waals surface area contributed by atoms with E-state index >= 15 is 0 Å². The molecule has 1 nitrogen and oxygen atoms in total. The second-order valence-corrected chi connectivity index (χ2v) is 5.36. The summed E-state index contributed by atoms with van der Waals surface area (Å²) >= 11 is 0. The molecule has 1 saturated carbocycles. The normalized spacial score (nSPS) is 20.8. The summed E-state index contributed by atoms with van der Waals surface area (Å²) in [4.78, 5) is 0.